The van der Waals surface area contributed by atoms with Gasteiger partial charge in [-0.3, -0.25) is 9.59 Å². The third kappa shape index (κ3) is 5.01. The molecular weight excluding hydrogens is 424 g/mol. The molecule has 0 unspecified atom stereocenters. The maximum absolute atomic E-state index is 13.3. The highest BCUT2D eigenvalue weighted by molar-refractivity contribution is 6.30. The molecule has 0 aliphatic heterocycles. The quantitative estimate of drug-likeness (QED) is 0.431. The number of rotatable bonds is 7. The van der Waals surface area contributed by atoms with Gasteiger partial charge in [0.1, 0.15) is 5.75 Å². The minimum Gasteiger partial charge on any atom is -0.497 e. The van der Waals surface area contributed by atoms with Crippen LogP contribution in [0.3, 0.4) is 0 Å². The Bertz CT molecular complexity index is 1300. The molecule has 5 nitrogen and oxygen atoms in total. The first-order valence-electron chi connectivity index (χ1n) is 10.3. The molecule has 0 radical (unpaired) electrons. The second-order valence-electron chi connectivity index (χ2n) is 7.55. The number of aromatic nitrogens is 1. The molecule has 0 spiro atoms. The first-order chi connectivity index (χ1) is 15.5. The summed E-state index contributed by atoms with van der Waals surface area (Å²) in [6.07, 6.45) is 0.673. The van der Waals surface area contributed by atoms with Crippen LogP contribution in [0.25, 0.3) is 10.9 Å². The van der Waals surface area contributed by atoms with Gasteiger partial charge in [-0.25, -0.2) is 0 Å². The van der Waals surface area contributed by atoms with Gasteiger partial charge in [-0.05, 0) is 54.4 Å². The van der Waals surface area contributed by atoms with Crippen molar-refractivity contribution < 1.29 is 9.53 Å². The van der Waals surface area contributed by atoms with Crippen molar-refractivity contribution in [2.45, 2.75) is 13.0 Å². The van der Waals surface area contributed by atoms with E-state index in [9.17, 15) is 9.59 Å². The van der Waals surface area contributed by atoms with Crippen LogP contribution in [0.1, 0.15) is 21.5 Å². The Morgan fingerprint density at radius 1 is 1.00 bits per heavy atom. The number of nitrogens with one attached hydrogen (secondary N) is 1. The summed E-state index contributed by atoms with van der Waals surface area (Å²) in [4.78, 5) is 30.7. The average molecular weight is 447 g/mol. The van der Waals surface area contributed by atoms with E-state index in [1.807, 2.05) is 48.5 Å². The summed E-state index contributed by atoms with van der Waals surface area (Å²) in [7, 11) is 1.60. The molecule has 0 saturated carbocycles. The zero-order valence-corrected chi connectivity index (χ0v) is 18.4. The number of hydrogen-bond donors (Lipinski definition) is 1. The minimum atomic E-state index is -0.216. The number of hydrogen-bond acceptors (Lipinski definition) is 3. The van der Waals surface area contributed by atoms with E-state index in [1.165, 1.54) is 0 Å². The maximum atomic E-state index is 13.3. The summed E-state index contributed by atoms with van der Waals surface area (Å²) in [6.45, 7) is 0.644. The third-order valence-corrected chi connectivity index (χ3v) is 5.60. The van der Waals surface area contributed by atoms with Gasteiger partial charge in [0, 0.05) is 33.6 Å². The maximum Gasteiger partial charge on any atom is 0.254 e. The molecule has 162 valence electrons. The summed E-state index contributed by atoms with van der Waals surface area (Å²) < 4.78 is 5.30. The van der Waals surface area contributed by atoms with E-state index >= 15 is 0 Å². The van der Waals surface area contributed by atoms with Gasteiger partial charge < -0.3 is 14.6 Å². The van der Waals surface area contributed by atoms with Gasteiger partial charge in [-0.2, -0.15) is 0 Å². The molecule has 4 rings (SSSR count). The smallest absolute Gasteiger partial charge is 0.254 e. The number of ether oxygens (including phenoxy) is 1. The van der Waals surface area contributed by atoms with Gasteiger partial charge in [0.25, 0.3) is 11.5 Å². The number of methoxy groups -OCH3 is 1. The van der Waals surface area contributed by atoms with Gasteiger partial charge >= 0.3 is 0 Å². The molecule has 4 aromatic rings. The Labute approximate surface area is 191 Å². The second kappa shape index (κ2) is 9.71. The molecule has 1 amide bonds. The van der Waals surface area contributed by atoms with Crippen molar-refractivity contribution in [2.75, 3.05) is 13.7 Å². The summed E-state index contributed by atoms with van der Waals surface area (Å²) in [5.74, 6) is 0.528. The highest BCUT2D eigenvalue weighted by atomic mass is 35.5. The van der Waals surface area contributed by atoms with E-state index in [-0.39, 0.29) is 18.0 Å². The Morgan fingerprint density at radius 3 is 2.56 bits per heavy atom. The Balaban J connectivity index is 1.66. The van der Waals surface area contributed by atoms with Crippen LogP contribution in [0.5, 0.6) is 5.75 Å². The van der Waals surface area contributed by atoms with E-state index in [0.717, 1.165) is 16.5 Å². The summed E-state index contributed by atoms with van der Waals surface area (Å²) in [5, 5.41) is 1.34. The molecule has 1 N–H and O–H groups in total. The van der Waals surface area contributed by atoms with Crippen LogP contribution in [-0.2, 0) is 13.0 Å². The van der Waals surface area contributed by atoms with Gasteiger partial charge in [-0.1, -0.05) is 48.0 Å². The van der Waals surface area contributed by atoms with Crippen molar-refractivity contribution in [2.24, 2.45) is 0 Å². The normalized spacial score (nSPS) is 10.8. The van der Waals surface area contributed by atoms with Gasteiger partial charge in [0.05, 0.1) is 13.7 Å². The standard InChI is InChI=1S/C26H23ClN2O3/c1-32-23-10-11-24-20(16-23)14-21(25(30)28-24)17-29(13-12-18-6-3-2-4-7-18)26(31)19-8-5-9-22(27)15-19/h2-11,14-16H,12-13,17H2,1H3,(H,28,30). The molecule has 32 heavy (non-hydrogen) atoms. The molecule has 6 heteroatoms. The largest absolute Gasteiger partial charge is 0.497 e. The number of amides is 1. The number of aromatic amines is 1. The summed E-state index contributed by atoms with van der Waals surface area (Å²) >= 11 is 6.11. The lowest BCUT2D eigenvalue weighted by Gasteiger charge is -2.23. The Kier molecular flexibility index (Phi) is 6.57. The number of carbonyl (C=O) groups is 1. The number of pyridine rings is 1. The van der Waals surface area contributed by atoms with Crippen molar-refractivity contribution in [1.29, 1.82) is 0 Å². The molecule has 0 aliphatic rings. The fourth-order valence-corrected chi connectivity index (χ4v) is 3.84. The summed E-state index contributed by atoms with van der Waals surface area (Å²) in [6, 6.07) is 24.1. The van der Waals surface area contributed by atoms with Gasteiger partial charge in [0.2, 0.25) is 0 Å². The molecule has 0 saturated heterocycles. The first kappa shape index (κ1) is 21.7. The lowest BCUT2D eigenvalue weighted by Crippen LogP contribution is -2.34. The molecule has 3 aromatic carbocycles. The van der Waals surface area contributed by atoms with E-state index < -0.39 is 0 Å². The Morgan fingerprint density at radius 2 is 1.81 bits per heavy atom. The van der Waals surface area contributed by atoms with Crippen LogP contribution >= 0.6 is 11.6 Å². The molecule has 0 aliphatic carbocycles. The van der Waals surface area contributed by atoms with E-state index in [2.05, 4.69) is 4.98 Å². The molecule has 0 atom stereocenters. The first-order valence-corrected chi connectivity index (χ1v) is 10.7. The van der Waals surface area contributed by atoms with E-state index in [1.54, 1.807) is 42.3 Å². The average Bonchev–Trinajstić information content (AvgIpc) is 2.82. The lowest BCUT2D eigenvalue weighted by atomic mass is 10.1. The molecule has 1 heterocycles. The second-order valence-corrected chi connectivity index (χ2v) is 7.99. The molecular formula is C26H23ClN2O3. The number of halogens is 1. The van der Waals surface area contributed by atoms with E-state index in [4.69, 9.17) is 16.3 Å². The summed E-state index contributed by atoms with van der Waals surface area (Å²) in [5.41, 5.74) is 2.62. The van der Waals surface area contributed by atoms with Crippen LogP contribution in [0, 0.1) is 0 Å². The fourth-order valence-electron chi connectivity index (χ4n) is 3.65. The molecule has 1 aromatic heterocycles. The van der Waals surface area contributed by atoms with Crippen molar-refractivity contribution in [3.05, 3.63) is 111 Å². The topological polar surface area (TPSA) is 62.4 Å². The van der Waals surface area contributed by atoms with Crippen LogP contribution in [0.2, 0.25) is 5.02 Å². The van der Waals surface area contributed by atoms with E-state index in [0.29, 0.717) is 34.9 Å². The number of benzene rings is 3. The number of nitrogens with zero attached hydrogens (tertiary/aromatic N) is 1. The van der Waals surface area contributed by atoms with Crippen molar-refractivity contribution in [3.63, 3.8) is 0 Å². The highest BCUT2D eigenvalue weighted by Gasteiger charge is 2.18. The Hall–Kier alpha value is -3.57. The van der Waals surface area contributed by atoms with Crippen LogP contribution in [0.4, 0.5) is 0 Å². The fraction of sp³-hybridized carbons (Fsp3) is 0.154. The lowest BCUT2D eigenvalue weighted by molar-refractivity contribution is 0.0744. The number of fused-ring (bicyclic) bond motifs is 1. The minimum absolute atomic E-state index is 0.173. The van der Waals surface area contributed by atoms with Crippen molar-refractivity contribution >= 4 is 28.4 Å². The SMILES string of the molecule is COc1ccc2[nH]c(=O)c(CN(CCc3ccccc3)C(=O)c3cccc(Cl)c3)cc2c1. The predicted octanol–water partition coefficient (Wildman–Crippen LogP) is 5.08. The number of carbonyl (C=O) groups excluding carboxylic acids is 1. The highest BCUT2D eigenvalue weighted by Crippen LogP contribution is 2.20. The van der Waals surface area contributed by atoms with Crippen LogP contribution in [0.15, 0.2) is 83.7 Å². The predicted molar refractivity (Wildman–Crippen MR) is 127 cm³/mol. The molecule has 0 bridgehead atoms. The zero-order chi connectivity index (χ0) is 22.5. The third-order valence-electron chi connectivity index (χ3n) is 5.36. The molecule has 0 fully saturated rings. The van der Waals surface area contributed by atoms with Crippen LogP contribution in [-0.4, -0.2) is 29.4 Å². The van der Waals surface area contributed by atoms with Crippen LogP contribution < -0.4 is 10.3 Å². The van der Waals surface area contributed by atoms with Crippen molar-refractivity contribution in [3.8, 4) is 5.75 Å². The van der Waals surface area contributed by atoms with Crippen molar-refractivity contribution in [1.82, 2.24) is 9.88 Å². The zero-order valence-electron chi connectivity index (χ0n) is 17.7. The number of H-pyrrole nitrogens is 1. The van der Waals surface area contributed by atoms with Gasteiger partial charge in [-0.15, -0.1) is 0 Å². The van der Waals surface area contributed by atoms with Gasteiger partial charge in [0.15, 0.2) is 0 Å². The monoisotopic (exact) mass is 446 g/mol.